The average molecular weight is 297 g/mol. The molecule has 0 saturated heterocycles. The van der Waals surface area contributed by atoms with Crippen molar-refractivity contribution in [3.8, 4) is 0 Å². The van der Waals surface area contributed by atoms with Gasteiger partial charge >= 0.3 is 6.03 Å². The average Bonchev–Trinajstić information content (AvgIpc) is 2.91. The maximum Gasteiger partial charge on any atom is 0.319 e. The molecule has 2 heterocycles. The number of anilines is 2. The Morgan fingerprint density at radius 3 is 2.91 bits per heavy atom. The lowest BCUT2D eigenvalue weighted by Gasteiger charge is -2.10. The number of aromatic nitrogens is 4. The maximum atomic E-state index is 12.0. The van der Waals surface area contributed by atoms with Crippen LogP contribution in [-0.2, 0) is 6.54 Å². The number of nitrogens with zero attached hydrogens (tertiary/aromatic N) is 3. The number of H-pyrrole nitrogens is 1. The van der Waals surface area contributed by atoms with E-state index in [2.05, 4.69) is 30.8 Å². The SMILES string of the molecule is Cc1cc(NC(=O)NCc2nc(N)n[nH]2)c2ccccc2n1. The molecule has 1 aromatic carbocycles. The Bertz CT molecular complexity index is 827. The molecule has 8 nitrogen and oxygen atoms in total. The van der Waals surface area contributed by atoms with Gasteiger partial charge in [-0.2, -0.15) is 4.98 Å². The zero-order chi connectivity index (χ0) is 15.5. The molecule has 0 aliphatic carbocycles. The molecule has 5 N–H and O–H groups in total. The van der Waals surface area contributed by atoms with Crippen LogP contribution >= 0.6 is 0 Å². The number of urea groups is 1. The second-order valence-electron chi connectivity index (χ2n) is 4.78. The highest BCUT2D eigenvalue weighted by Crippen LogP contribution is 2.22. The molecule has 0 fully saturated rings. The van der Waals surface area contributed by atoms with Gasteiger partial charge in [-0.15, -0.1) is 5.10 Å². The molecule has 22 heavy (non-hydrogen) atoms. The summed E-state index contributed by atoms with van der Waals surface area (Å²) in [7, 11) is 0. The van der Waals surface area contributed by atoms with Gasteiger partial charge in [-0.3, -0.25) is 10.1 Å². The van der Waals surface area contributed by atoms with Crippen LogP contribution in [0.1, 0.15) is 11.5 Å². The number of carbonyl (C=O) groups excluding carboxylic acids is 1. The number of nitrogens with two attached hydrogens (primary N) is 1. The Balaban J connectivity index is 1.73. The molecule has 0 radical (unpaired) electrons. The monoisotopic (exact) mass is 297 g/mol. The predicted octanol–water partition coefficient (Wildman–Crippen LogP) is 1.57. The lowest BCUT2D eigenvalue weighted by Crippen LogP contribution is -2.28. The van der Waals surface area contributed by atoms with Crippen LogP contribution in [0.2, 0.25) is 0 Å². The third-order valence-corrected chi connectivity index (χ3v) is 3.06. The van der Waals surface area contributed by atoms with Crippen LogP contribution in [0.25, 0.3) is 10.9 Å². The summed E-state index contributed by atoms with van der Waals surface area (Å²) in [6, 6.07) is 9.11. The third kappa shape index (κ3) is 2.95. The topological polar surface area (TPSA) is 122 Å². The molecule has 2 amide bonds. The summed E-state index contributed by atoms with van der Waals surface area (Å²) in [6.07, 6.45) is 0. The summed E-state index contributed by atoms with van der Waals surface area (Å²) < 4.78 is 0. The minimum Gasteiger partial charge on any atom is -0.367 e. The van der Waals surface area contributed by atoms with Gasteiger partial charge in [0, 0.05) is 11.1 Å². The van der Waals surface area contributed by atoms with Gasteiger partial charge in [-0.25, -0.2) is 4.79 Å². The predicted molar refractivity (Wildman–Crippen MR) is 83.1 cm³/mol. The highest BCUT2D eigenvalue weighted by Gasteiger charge is 2.08. The first-order valence-corrected chi connectivity index (χ1v) is 6.70. The zero-order valence-corrected chi connectivity index (χ0v) is 11.9. The first-order chi connectivity index (χ1) is 10.6. The first-order valence-electron chi connectivity index (χ1n) is 6.70. The normalized spacial score (nSPS) is 10.6. The number of amides is 2. The Labute approximate surface area is 126 Å². The van der Waals surface area contributed by atoms with E-state index in [9.17, 15) is 4.79 Å². The number of nitrogen functional groups attached to an aromatic ring is 1. The van der Waals surface area contributed by atoms with Crippen molar-refractivity contribution in [2.45, 2.75) is 13.5 Å². The summed E-state index contributed by atoms with van der Waals surface area (Å²) >= 11 is 0. The van der Waals surface area contributed by atoms with E-state index < -0.39 is 0 Å². The molecule has 0 bridgehead atoms. The van der Waals surface area contributed by atoms with Crippen LogP contribution in [-0.4, -0.2) is 26.2 Å². The number of fused-ring (bicyclic) bond motifs is 1. The summed E-state index contributed by atoms with van der Waals surface area (Å²) in [6.45, 7) is 2.09. The quantitative estimate of drug-likeness (QED) is 0.584. The first kappa shape index (κ1) is 13.8. The minimum absolute atomic E-state index is 0.146. The number of pyridine rings is 1. The van der Waals surface area contributed by atoms with Gasteiger partial charge in [-0.1, -0.05) is 18.2 Å². The number of rotatable bonds is 3. The van der Waals surface area contributed by atoms with E-state index in [4.69, 9.17) is 5.73 Å². The Kier molecular flexibility index (Phi) is 3.57. The molecule has 0 aliphatic rings. The van der Waals surface area contributed by atoms with Crippen molar-refractivity contribution in [1.29, 1.82) is 0 Å². The molecular formula is C14H15N7O. The van der Waals surface area contributed by atoms with Crippen LogP contribution in [0.4, 0.5) is 16.4 Å². The number of hydrogen-bond donors (Lipinski definition) is 4. The molecule has 0 saturated carbocycles. The number of nitrogens with one attached hydrogen (secondary N) is 3. The van der Waals surface area contributed by atoms with Crippen molar-refractivity contribution in [2.75, 3.05) is 11.1 Å². The van der Waals surface area contributed by atoms with Crippen molar-refractivity contribution in [2.24, 2.45) is 0 Å². The molecule has 3 rings (SSSR count). The fourth-order valence-electron chi connectivity index (χ4n) is 2.13. The molecule has 0 spiro atoms. The second-order valence-corrected chi connectivity index (χ2v) is 4.78. The molecule has 3 aromatic rings. The molecule has 0 aliphatic heterocycles. The van der Waals surface area contributed by atoms with Gasteiger partial charge in [0.15, 0.2) is 0 Å². The van der Waals surface area contributed by atoms with Crippen molar-refractivity contribution in [3.63, 3.8) is 0 Å². The van der Waals surface area contributed by atoms with Crippen molar-refractivity contribution in [3.05, 3.63) is 41.9 Å². The molecule has 8 heteroatoms. The van der Waals surface area contributed by atoms with E-state index >= 15 is 0 Å². The Morgan fingerprint density at radius 1 is 1.32 bits per heavy atom. The Morgan fingerprint density at radius 2 is 2.14 bits per heavy atom. The van der Waals surface area contributed by atoms with Gasteiger partial charge < -0.3 is 16.4 Å². The number of hydrogen-bond acceptors (Lipinski definition) is 5. The van der Waals surface area contributed by atoms with Crippen LogP contribution < -0.4 is 16.4 Å². The smallest absolute Gasteiger partial charge is 0.319 e. The van der Waals surface area contributed by atoms with Gasteiger partial charge in [0.05, 0.1) is 17.7 Å². The third-order valence-electron chi connectivity index (χ3n) is 3.06. The standard InChI is InChI=1S/C14H15N7O/c1-8-6-11(9-4-2-3-5-10(9)17-8)18-14(22)16-7-12-19-13(15)21-20-12/h2-6H,7H2,1H3,(H3,15,19,20,21)(H2,16,17,18,22). The van der Waals surface area contributed by atoms with E-state index in [1.807, 2.05) is 37.3 Å². The van der Waals surface area contributed by atoms with E-state index in [0.29, 0.717) is 11.5 Å². The van der Waals surface area contributed by atoms with E-state index in [-0.39, 0.29) is 18.5 Å². The van der Waals surface area contributed by atoms with Gasteiger partial charge in [-0.05, 0) is 19.1 Å². The van der Waals surface area contributed by atoms with Crippen LogP contribution in [0.5, 0.6) is 0 Å². The molecule has 2 aromatic heterocycles. The van der Waals surface area contributed by atoms with Crippen LogP contribution in [0, 0.1) is 6.92 Å². The summed E-state index contributed by atoms with van der Waals surface area (Å²) in [4.78, 5) is 20.4. The van der Waals surface area contributed by atoms with E-state index in [1.54, 1.807) is 0 Å². The van der Waals surface area contributed by atoms with Crippen molar-refractivity contribution < 1.29 is 4.79 Å². The van der Waals surface area contributed by atoms with E-state index in [0.717, 1.165) is 16.6 Å². The fourth-order valence-corrected chi connectivity index (χ4v) is 2.13. The lowest BCUT2D eigenvalue weighted by atomic mass is 10.1. The summed E-state index contributed by atoms with van der Waals surface area (Å²) in [5.74, 6) is 0.636. The largest absolute Gasteiger partial charge is 0.367 e. The minimum atomic E-state index is -0.342. The van der Waals surface area contributed by atoms with Crippen LogP contribution in [0.3, 0.4) is 0 Å². The highest BCUT2D eigenvalue weighted by molar-refractivity contribution is 6.00. The number of aryl methyl sites for hydroxylation is 1. The summed E-state index contributed by atoms with van der Waals surface area (Å²) in [5.41, 5.74) is 7.77. The molecule has 0 atom stereocenters. The van der Waals surface area contributed by atoms with Gasteiger partial charge in [0.1, 0.15) is 5.82 Å². The number of benzene rings is 1. The number of para-hydroxylation sites is 1. The van der Waals surface area contributed by atoms with Gasteiger partial charge in [0.2, 0.25) is 5.95 Å². The molecular weight excluding hydrogens is 282 g/mol. The zero-order valence-electron chi connectivity index (χ0n) is 11.9. The van der Waals surface area contributed by atoms with Crippen molar-refractivity contribution >= 4 is 28.6 Å². The van der Waals surface area contributed by atoms with Crippen LogP contribution in [0.15, 0.2) is 30.3 Å². The van der Waals surface area contributed by atoms with Gasteiger partial charge in [0.25, 0.3) is 0 Å². The number of carbonyl (C=O) groups is 1. The molecule has 112 valence electrons. The number of aromatic amines is 1. The fraction of sp³-hybridized carbons (Fsp3) is 0.143. The molecule has 0 unspecified atom stereocenters. The Hall–Kier alpha value is -3.16. The summed E-state index contributed by atoms with van der Waals surface area (Å²) in [5, 5.41) is 12.7. The lowest BCUT2D eigenvalue weighted by molar-refractivity contribution is 0.251. The maximum absolute atomic E-state index is 12.0. The second kappa shape index (κ2) is 5.68. The highest BCUT2D eigenvalue weighted by atomic mass is 16.2. The van der Waals surface area contributed by atoms with E-state index in [1.165, 1.54) is 0 Å². The van der Waals surface area contributed by atoms with Crippen molar-refractivity contribution in [1.82, 2.24) is 25.5 Å².